The van der Waals surface area contributed by atoms with Crippen LogP contribution in [0, 0.1) is 0 Å². The zero-order valence-corrected chi connectivity index (χ0v) is 14.9. The first-order valence-corrected chi connectivity index (χ1v) is 9.16. The Kier molecular flexibility index (Phi) is 6.05. The minimum atomic E-state index is 0.545. The number of likely N-dealkylation sites (tertiary alicyclic amines) is 1. The van der Waals surface area contributed by atoms with Gasteiger partial charge in [0.15, 0.2) is 0 Å². The highest BCUT2D eigenvalue weighted by molar-refractivity contribution is 5.91. The van der Waals surface area contributed by atoms with Gasteiger partial charge in [0.25, 0.3) is 0 Å². The van der Waals surface area contributed by atoms with Crippen molar-refractivity contribution in [1.29, 1.82) is 0 Å². The highest BCUT2D eigenvalue weighted by Gasteiger charge is 2.19. The number of nitrogens with one attached hydrogen (secondary N) is 1. The Morgan fingerprint density at radius 2 is 2.04 bits per heavy atom. The van der Waals surface area contributed by atoms with E-state index in [1.807, 2.05) is 0 Å². The number of anilines is 1. The summed E-state index contributed by atoms with van der Waals surface area (Å²) < 4.78 is 5.19. The van der Waals surface area contributed by atoms with E-state index in [1.165, 1.54) is 29.6 Å². The van der Waals surface area contributed by atoms with Gasteiger partial charge in [0.2, 0.25) is 0 Å². The normalized spacial score (nSPS) is 16.6. The maximum Gasteiger partial charge on any atom is 0.0726 e. The third-order valence-electron chi connectivity index (χ3n) is 4.83. The summed E-state index contributed by atoms with van der Waals surface area (Å²) in [7, 11) is 1.77. The molecule has 0 bridgehead atoms. The van der Waals surface area contributed by atoms with E-state index in [9.17, 15) is 0 Å². The Morgan fingerprint density at radius 1 is 1.25 bits per heavy atom. The van der Waals surface area contributed by atoms with E-state index in [0.717, 1.165) is 44.6 Å². The van der Waals surface area contributed by atoms with Gasteiger partial charge in [-0.25, -0.2) is 0 Å². The summed E-state index contributed by atoms with van der Waals surface area (Å²) in [5.41, 5.74) is 3.54. The maximum atomic E-state index is 5.19. The first kappa shape index (κ1) is 17.2. The van der Waals surface area contributed by atoms with Gasteiger partial charge in [0.05, 0.1) is 12.1 Å². The topological polar surface area (TPSA) is 37.4 Å². The van der Waals surface area contributed by atoms with E-state index in [0.29, 0.717) is 6.04 Å². The molecule has 1 aromatic carbocycles. The molecule has 1 aliphatic rings. The van der Waals surface area contributed by atoms with Crippen molar-refractivity contribution < 1.29 is 4.74 Å². The predicted molar refractivity (Wildman–Crippen MR) is 101 cm³/mol. The van der Waals surface area contributed by atoms with Crippen LogP contribution >= 0.6 is 0 Å². The molecule has 0 amide bonds. The van der Waals surface area contributed by atoms with Crippen LogP contribution in [0.2, 0.25) is 0 Å². The van der Waals surface area contributed by atoms with Crippen molar-refractivity contribution in [2.75, 3.05) is 38.7 Å². The van der Waals surface area contributed by atoms with E-state index < -0.39 is 0 Å². The zero-order chi connectivity index (χ0) is 16.8. The average molecular weight is 327 g/mol. The second kappa shape index (κ2) is 8.45. The Hall–Kier alpha value is -1.65. The van der Waals surface area contributed by atoms with Gasteiger partial charge in [-0.3, -0.25) is 4.98 Å². The van der Waals surface area contributed by atoms with E-state index in [-0.39, 0.29) is 0 Å². The van der Waals surface area contributed by atoms with Crippen LogP contribution in [0.5, 0.6) is 0 Å². The van der Waals surface area contributed by atoms with E-state index in [4.69, 9.17) is 9.72 Å². The highest BCUT2D eigenvalue weighted by atomic mass is 16.5. The van der Waals surface area contributed by atoms with Gasteiger partial charge < -0.3 is 15.0 Å². The number of pyridine rings is 1. The summed E-state index contributed by atoms with van der Waals surface area (Å²) in [6.07, 6.45) is 4.53. The second-order valence-corrected chi connectivity index (χ2v) is 6.68. The van der Waals surface area contributed by atoms with Crippen LogP contribution in [0.1, 0.15) is 31.9 Å². The number of fused-ring (bicyclic) bond motifs is 1. The molecular weight excluding hydrogens is 298 g/mol. The van der Waals surface area contributed by atoms with Crippen LogP contribution in [0.4, 0.5) is 5.69 Å². The zero-order valence-electron chi connectivity index (χ0n) is 14.9. The van der Waals surface area contributed by atoms with Crippen molar-refractivity contribution in [3.8, 4) is 0 Å². The quantitative estimate of drug-likeness (QED) is 0.841. The Morgan fingerprint density at radius 3 is 2.79 bits per heavy atom. The Labute approximate surface area is 145 Å². The van der Waals surface area contributed by atoms with Crippen LogP contribution in [-0.2, 0) is 11.2 Å². The number of hydrogen-bond donors (Lipinski definition) is 1. The number of aromatic nitrogens is 1. The SMILES string of the molecule is CCCc1cc(NC2CCN(CCOC)CC2)c2ccccc2n1. The van der Waals surface area contributed by atoms with Gasteiger partial charge >= 0.3 is 0 Å². The predicted octanol–water partition coefficient (Wildman–Crippen LogP) is 3.71. The standard InChI is InChI=1S/C20H29N3O/c1-3-6-17-15-20(18-7-4-5-8-19(18)22-17)21-16-9-11-23(12-10-16)13-14-24-2/h4-5,7-8,15-16H,3,6,9-14H2,1-2H3,(H,21,22). The molecule has 2 aromatic rings. The average Bonchev–Trinajstić information content (AvgIpc) is 2.61. The lowest BCUT2D eigenvalue weighted by Gasteiger charge is -2.33. The molecule has 4 nitrogen and oxygen atoms in total. The molecule has 0 unspecified atom stereocenters. The summed E-state index contributed by atoms with van der Waals surface area (Å²) in [6.45, 7) is 6.37. The second-order valence-electron chi connectivity index (χ2n) is 6.68. The number of para-hydroxylation sites is 1. The molecule has 1 fully saturated rings. The first-order valence-electron chi connectivity index (χ1n) is 9.16. The van der Waals surface area contributed by atoms with Gasteiger partial charge in [0.1, 0.15) is 0 Å². The molecule has 4 heteroatoms. The van der Waals surface area contributed by atoms with Crippen molar-refractivity contribution in [3.63, 3.8) is 0 Å². The number of rotatable bonds is 7. The molecule has 0 aliphatic carbocycles. The fourth-order valence-electron chi connectivity index (χ4n) is 3.48. The smallest absolute Gasteiger partial charge is 0.0726 e. The summed E-state index contributed by atoms with van der Waals surface area (Å²) in [5, 5.41) is 5.04. The summed E-state index contributed by atoms with van der Waals surface area (Å²) in [4.78, 5) is 7.30. The van der Waals surface area contributed by atoms with Crippen LogP contribution < -0.4 is 5.32 Å². The molecule has 1 N–H and O–H groups in total. The number of piperidine rings is 1. The van der Waals surface area contributed by atoms with Gasteiger partial charge in [-0.05, 0) is 31.4 Å². The lowest BCUT2D eigenvalue weighted by atomic mass is 10.0. The van der Waals surface area contributed by atoms with Crippen molar-refractivity contribution in [3.05, 3.63) is 36.0 Å². The van der Waals surface area contributed by atoms with Crippen molar-refractivity contribution >= 4 is 16.6 Å². The molecular formula is C20H29N3O. The van der Waals surface area contributed by atoms with Crippen LogP contribution in [0.3, 0.4) is 0 Å². The molecule has 1 aromatic heterocycles. The minimum Gasteiger partial charge on any atom is -0.383 e. The van der Waals surface area contributed by atoms with Crippen molar-refractivity contribution in [2.24, 2.45) is 0 Å². The lowest BCUT2D eigenvalue weighted by molar-refractivity contribution is 0.132. The van der Waals surface area contributed by atoms with E-state index in [1.54, 1.807) is 7.11 Å². The molecule has 0 radical (unpaired) electrons. The van der Waals surface area contributed by atoms with E-state index in [2.05, 4.69) is 47.5 Å². The number of methoxy groups -OCH3 is 1. The van der Waals surface area contributed by atoms with Crippen LogP contribution in [0.15, 0.2) is 30.3 Å². The monoisotopic (exact) mass is 327 g/mol. The number of nitrogens with zero attached hydrogens (tertiary/aromatic N) is 2. The number of ether oxygens (including phenoxy) is 1. The number of aryl methyl sites for hydroxylation is 1. The fourth-order valence-corrected chi connectivity index (χ4v) is 3.48. The van der Waals surface area contributed by atoms with Crippen molar-refractivity contribution in [1.82, 2.24) is 9.88 Å². The van der Waals surface area contributed by atoms with Gasteiger partial charge in [-0.1, -0.05) is 31.5 Å². The minimum absolute atomic E-state index is 0.545. The number of benzene rings is 1. The molecule has 1 aliphatic heterocycles. The third kappa shape index (κ3) is 4.25. The molecule has 24 heavy (non-hydrogen) atoms. The Bertz CT molecular complexity index is 650. The summed E-state index contributed by atoms with van der Waals surface area (Å²) in [6, 6.07) is 11.3. The molecule has 3 rings (SSSR count). The van der Waals surface area contributed by atoms with Crippen LogP contribution in [0.25, 0.3) is 10.9 Å². The molecule has 1 saturated heterocycles. The summed E-state index contributed by atoms with van der Waals surface area (Å²) >= 11 is 0. The third-order valence-corrected chi connectivity index (χ3v) is 4.83. The van der Waals surface area contributed by atoms with Crippen molar-refractivity contribution in [2.45, 2.75) is 38.6 Å². The maximum absolute atomic E-state index is 5.19. The molecule has 0 atom stereocenters. The van der Waals surface area contributed by atoms with Gasteiger partial charge in [-0.2, -0.15) is 0 Å². The molecule has 0 saturated carbocycles. The molecule has 2 heterocycles. The Balaban J connectivity index is 1.70. The van der Waals surface area contributed by atoms with Gasteiger partial charge in [-0.15, -0.1) is 0 Å². The lowest BCUT2D eigenvalue weighted by Crippen LogP contribution is -2.40. The first-order chi connectivity index (χ1) is 11.8. The fraction of sp³-hybridized carbons (Fsp3) is 0.550. The van der Waals surface area contributed by atoms with Crippen LogP contribution in [-0.4, -0.2) is 49.3 Å². The number of hydrogen-bond acceptors (Lipinski definition) is 4. The largest absolute Gasteiger partial charge is 0.383 e. The van der Waals surface area contributed by atoms with Gasteiger partial charge in [0, 0.05) is 49.6 Å². The molecule has 0 spiro atoms. The van der Waals surface area contributed by atoms with E-state index >= 15 is 0 Å². The molecule has 130 valence electrons. The highest BCUT2D eigenvalue weighted by Crippen LogP contribution is 2.26. The summed E-state index contributed by atoms with van der Waals surface area (Å²) in [5.74, 6) is 0.